The fourth-order valence-electron chi connectivity index (χ4n) is 1.75. The number of rotatable bonds is 6. The highest BCUT2D eigenvalue weighted by molar-refractivity contribution is 7.91. The normalized spacial score (nSPS) is 11.5. The average molecular weight is 327 g/mol. The molecular formula is C12H13N3O4S2. The minimum atomic E-state index is -3.93. The van der Waals surface area contributed by atoms with Crippen LogP contribution in [0.5, 0.6) is 0 Å². The van der Waals surface area contributed by atoms with Crippen LogP contribution in [0.15, 0.2) is 28.0 Å². The van der Waals surface area contributed by atoms with Crippen molar-refractivity contribution >= 4 is 27.3 Å². The van der Waals surface area contributed by atoms with Gasteiger partial charge in [0, 0.05) is 6.20 Å². The van der Waals surface area contributed by atoms with E-state index in [-0.39, 0.29) is 10.8 Å². The lowest BCUT2D eigenvalue weighted by atomic mass is 10.1. The molecule has 2 N–H and O–H groups in total. The van der Waals surface area contributed by atoms with Crippen molar-refractivity contribution < 1.29 is 18.3 Å². The average Bonchev–Trinajstić information content (AvgIpc) is 2.96. The van der Waals surface area contributed by atoms with Crippen molar-refractivity contribution in [2.24, 2.45) is 0 Å². The number of carboxylic acids is 1. The Morgan fingerprint density at radius 1 is 1.43 bits per heavy atom. The van der Waals surface area contributed by atoms with Crippen LogP contribution in [0.2, 0.25) is 0 Å². The Balaban J connectivity index is 2.22. The van der Waals surface area contributed by atoms with Gasteiger partial charge in [-0.15, -0.1) is 11.3 Å². The molecular weight excluding hydrogens is 314 g/mol. The molecule has 21 heavy (non-hydrogen) atoms. The number of sulfonamides is 1. The van der Waals surface area contributed by atoms with E-state index < -0.39 is 21.7 Å². The number of nitrogens with zero attached hydrogens (tertiary/aromatic N) is 2. The summed E-state index contributed by atoms with van der Waals surface area (Å²) < 4.78 is 26.4. The number of thiazole rings is 1. The zero-order chi connectivity index (χ0) is 15.5. The molecule has 2 heterocycles. The van der Waals surface area contributed by atoms with Crippen molar-refractivity contribution in [1.29, 1.82) is 0 Å². The van der Waals surface area contributed by atoms with Gasteiger partial charge in [0.1, 0.15) is 0 Å². The molecule has 2 rings (SSSR count). The minimum absolute atomic E-state index is 0.00328. The van der Waals surface area contributed by atoms with Gasteiger partial charge in [-0.3, -0.25) is 4.98 Å². The lowest BCUT2D eigenvalue weighted by Gasteiger charge is -2.08. The summed E-state index contributed by atoms with van der Waals surface area (Å²) in [6.45, 7) is 1.95. The molecule has 0 amide bonds. The number of aromatic nitrogens is 2. The molecule has 112 valence electrons. The molecule has 0 saturated carbocycles. The predicted molar refractivity (Wildman–Crippen MR) is 76.7 cm³/mol. The van der Waals surface area contributed by atoms with Gasteiger partial charge < -0.3 is 5.11 Å². The van der Waals surface area contributed by atoms with Gasteiger partial charge in [0.15, 0.2) is 9.90 Å². The van der Waals surface area contributed by atoms with Crippen LogP contribution in [0.3, 0.4) is 0 Å². The molecule has 0 aliphatic carbocycles. The maximum atomic E-state index is 12.2. The van der Waals surface area contributed by atoms with E-state index in [2.05, 4.69) is 14.7 Å². The number of aryl methyl sites for hydroxylation is 1. The van der Waals surface area contributed by atoms with Crippen LogP contribution in [0.25, 0.3) is 0 Å². The first kappa shape index (κ1) is 15.5. The van der Waals surface area contributed by atoms with E-state index >= 15 is 0 Å². The quantitative estimate of drug-likeness (QED) is 0.827. The van der Waals surface area contributed by atoms with Crippen molar-refractivity contribution in [3.8, 4) is 0 Å². The molecule has 0 saturated heterocycles. The molecule has 7 nitrogen and oxygen atoms in total. The maximum absolute atomic E-state index is 12.2. The van der Waals surface area contributed by atoms with Gasteiger partial charge in [-0.05, 0) is 18.1 Å². The van der Waals surface area contributed by atoms with E-state index in [0.29, 0.717) is 5.69 Å². The Bertz CT molecular complexity index is 755. The Morgan fingerprint density at radius 2 is 2.19 bits per heavy atom. The number of carbonyl (C=O) groups is 1. The van der Waals surface area contributed by atoms with E-state index in [1.807, 2.05) is 13.0 Å². The number of hydrogen-bond acceptors (Lipinski definition) is 6. The highest BCUT2D eigenvalue weighted by Crippen LogP contribution is 2.20. The Hall–Kier alpha value is -1.84. The summed E-state index contributed by atoms with van der Waals surface area (Å²) in [6, 6.07) is 3.65. The molecule has 0 aliphatic rings. The fraction of sp³-hybridized carbons (Fsp3) is 0.250. The maximum Gasteiger partial charge on any atom is 0.356 e. The number of aromatic carboxylic acids is 1. The lowest BCUT2D eigenvalue weighted by Crippen LogP contribution is -2.25. The number of pyridine rings is 1. The summed E-state index contributed by atoms with van der Waals surface area (Å²) in [5.41, 5.74) is 2.27. The van der Waals surface area contributed by atoms with Gasteiger partial charge in [0.05, 0.1) is 17.7 Å². The Labute approximate surface area is 125 Å². The number of hydrogen-bond donors (Lipinski definition) is 2. The lowest BCUT2D eigenvalue weighted by molar-refractivity contribution is 0.0687. The molecule has 0 unspecified atom stereocenters. The van der Waals surface area contributed by atoms with Crippen molar-refractivity contribution in [2.45, 2.75) is 24.1 Å². The molecule has 0 aliphatic heterocycles. The SMILES string of the molecule is CCc1cccnc1CNS(=O)(=O)c1scnc1C(=O)O. The third-order valence-corrected chi connectivity index (χ3v) is 5.55. The zero-order valence-electron chi connectivity index (χ0n) is 11.1. The monoisotopic (exact) mass is 327 g/mol. The fourth-order valence-corrected chi connectivity index (χ4v) is 3.92. The third kappa shape index (κ3) is 3.43. The topological polar surface area (TPSA) is 109 Å². The van der Waals surface area contributed by atoms with Gasteiger partial charge in [-0.1, -0.05) is 13.0 Å². The van der Waals surface area contributed by atoms with Crippen LogP contribution in [-0.2, 0) is 23.0 Å². The highest BCUT2D eigenvalue weighted by atomic mass is 32.2. The van der Waals surface area contributed by atoms with Crippen LogP contribution in [0.4, 0.5) is 0 Å². The molecule has 0 bridgehead atoms. The second kappa shape index (κ2) is 6.29. The summed E-state index contributed by atoms with van der Waals surface area (Å²) in [5.74, 6) is -1.37. The zero-order valence-corrected chi connectivity index (χ0v) is 12.7. The predicted octanol–water partition coefficient (Wildman–Crippen LogP) is 1.28. The molecule has 2 aromatic rings. The van der Waals surface area contributed by atoms with Crippen LogP contribution in [0, 0.1) is 0 Å². The third-order valence-electron chi connectivity index (χ3n) is 2.78. The summed E-state index contributed by atoms with van der Waals surface area (Å²) in [5, 5.41) is 8.92. The second-order valence-electron chi connectivity index (χ2n) is 4.08. The van der Waals surface area contributed by atoms with E-state index in [1.165, 1.54) is 5.51 Å². The van der Waals surface area contributed by atoms with E-state index in [1.54, 1.807) is 12.3 Å². The second-order valence-corrected chi connectivity index (χ2v) is 6.90. The van der Waals surface area contributed by atoms with Gasteiger partial charge in [0.25, 0.3) is 10.0 Å². The van der Waals surface area contributed by atoms with Gasteiger partial charge >= 0.3 is 5.97 Å². The molecule has 0 aromatic carbocycles. The van der Waals surface area contributed by atoms with Crippen molar-refractivity contribution in [3.05, 3.63) is 40.8 Å². The van der Waals surface area contributed by atoms with E-state index in [0.717, 1.165) is 23.3 Å². The molecule has 0 fully saturated rings. The largest absolute Gasteiger partial charge is 0.476 e. The minimum Gasteiger partial charge on any atom is -0.476 e. The molecule has 0 radical (unpaired) electrons. The number of nitrogens with one attached hydrogen (secondary N) is 1. The van der Waals surface area contributed by atoms with Crippen LogP contribution >= 0.6 is 11.3 Å². The van der Waals surface area contributed by atoms with E-state index in [9.17, 15) is 13.2 Å². The standard InChI is InChI=1S/C12H13N3O4S2/c1-2-8-4-3-5-13-9(8)6-15-21(18,19)12-10(11(16)17)14-7-20-12/h3-5,7,15H,2,6H2,1H3,(H,16,17). The van der Waals surface area contributed by atoms with Crippen LogP contribution in [0.1, 0.15) is 28.7 Å². The summed E-state index contributed by atoms with van der Waals surface area (Å²) in [4.78, 5) is 18.6. The summed E-state index contributed by atoms with van der Waals surface area (Å²) >= 11 is 0.767. The summed E-state index contributed by atoms with van der Waals surface area (Å²) in [6.07, 6.45) is 2.31. The highest BCUT2D eigenvalue weighted by Gasteiger charge is 2.25. The van der Waals surface area contributed by atoms with Gasteiger partial charge in [-0.2, -0.15) is 0 Å². The van der Waals surface area contributed by atoms with Gasteiger partial charge in [0.2, 0.25) is 0 Å². The van der Waals surface area contributed by atoms with Crippen molar-refractivity contribution in [2.75, 3.05) is 0 Å². The first-order valence-electron chi connectivity index (χ1n) is 6.05. The van der Waals surface area contributed by atoms with E-state index in [4.69, 9.17) is 5.11 Å². The molecule has 0 spiro atoms. The first-order valence-corrected chi connectivity index (χ1v) is 8.41. The molecule has 2 aromatic heterocycles. The van der Waals surface area contributed by atoms with Crippen molar-refractivity contribution in [3.63, 3.8) is 0 Å². The Kier molecular flexibility index (Phi) is 4.66. The first-order chi connectivity index (χ1) is 9.95. The molecule has 0 atom stereocenters. The Morgan fingerprint density at radius 3 is 2.86 bits per heavy atom. The van der Waals surface area contributed by atoms with Gasteiger partial charge in [-0.25, -0.2) is 22.9 Å². The molecule has 9 heteroatoms. The van der Waals surface area contributed by atoms with Crippen LogP contribution in [-0.4, -0.2) is 29.5 Å². The van der Waals surface area contributed by atoms with Crippen LogP contribution < -0.4 is 4.72 Å². The number of carboxylic acid groups (broad SMARTS) is 1. The summed E-state index contributed by atoms with van der Waals surface area (Å²) in [7, 11) is -3.93. The smallest absolute Gasteiger partial charge is 0.356 e. The van der Waals surface area contributed by atoms with Crippen molar-refractivity contribution in [1.82, 2.24) is 14.7 Å².